The van der Waals surface area contributed by atoms with Crippen molar-refractivity contribution in [2.45, 2.75) is 25.0 Å². The normalized spacial score (nSPS) is 17.0. The SMILES string of the molecule is CCOC(=O)C1=C(CSc2nnc(-c3ccco3)n2C)NC(=O)NC1C. The molecule has 26 heavy (non-hydrogen) atoms. The summed E-state index contributed by atoms with van der Waals surface area (Å²) in [5.74, 6) is 1.11. The van der Waals surface area contributed by atoms with Gasteiger partial charge in [-0.1, -0.05) is 11.8 Å². The maximum atomic E-state index is 12.2. The molecular formula is C16H19N5O4S. The molecular weight excluding hydrogens is 358 g/mol. The molecule has 10 heteroatoms. The zero-order chi connectivity index (χ0) is 18.7. The average Bonchev–Trinajstić information content (AvgIpc) is 3.22. The third-order valence-corrected chi connectivity index (χ3v) is 4.83. The van der Waals surface area contributed by atoms with E-state index in [1.807, 2.05) is 7.05 Å². The predicted molar refractivity (Wildman–Crippen MR) is 94.2 cm³/mol. The number of aromatic nitrogens is 3. The molecule has 9 nitrogen and oxygen atoms in total. The van der Waals surface area contributed by atoms with Gasteiger partial charge in [-0.2, -0.15) is 0 Å². The summed E-state index contributed by atoms with van der Waals surface area (Å²) in [6.45, 7) is 3.74. The van der Waals surface area contributed by atoms with E-state index in [1.54, 1.807) is 36.8 Å². The number of urea groups is 1. The van der Waals surface area contributed by atoms with Gasteiger partial charge in [0.1, 0.15) is 0 Å². The van der Waals surface area contributed by atoms with Gasteiger partial charge in [-0.05, 0) is 26.0 Å². The van der Waals surface area contributed by atoms with Gasteiger partial charge in [-0.3, -0.25) is 0 Å². The Morgan fingerprint density at radius 2 is 2.27 bits per heavy atom. The number of esters is 1. The number of nitrogens with zero attached hydrogens (tertiary/aromatic N) is 3. The number of amides is 2. The van der Waals surface area contributed by atoms with Crippen molar-refractivity contribution in [3.63, 3.8) is 0 Å². The van der Waals surface area contributed by atoms with E-state index in [-0.39, 0.29) is 12.6 Å². The first kappa shape index (κ1) is 18.1. The largest absolute Gasteiger partial charge is 0.463 e. The number of nitrogens with one attached hydrogen (secondary N) is 2. The molecule has 2 N–H and O–H groups in total. The van der Waals surface area contributed by atoms with Gasteiger partial charge >= 0.3 is 12.0 Å². The van der Waals surface area contributed by atoms with Crippen molar-refractivity contribution in [2.24, 2.45) is 7.05 Å². The summed E-state index contributed by atoms with van der Waals surface area (Å²) < 4.78 is 12.2. The molecule has 2 amide bonds. The summed E-state index contributed by atoms with van der Waals surface area (Å²) >= 11 is 1.35. The highest BCUT2D eigenvalue weighted by Crippen LogP contribution is 2.26. The fourth-order valence-corrected chi connectivity index (χ4v) is 3.47. The predicted octanol–water partition coefficient (Wildman–Crippen LogP) is 1.69. The lowest BCUT2D eigenvalue weighted by atomic mass is 10.1. The minimum absolute atomic E-state index is 0.263. The fraction of sp³-hybridized carbons (Fsp3) is 0.375. The Balaban J connectivity index is 1.81. The van der Waals surface area contributed by atoms with Gasteiger partial charge in [0.25, 0.3) is 0 Å². The van der Waals surface area contributed by atoms with Crippen LogP contribution in [0.4, 0.5) is 4.79 Å². The molecule has 0 bridgehead atoms. The van der Waals surface area contributed by atoms with Crippen molar-refractivity contribution in [1.29, 1.82) is 0 Å². The van der Waals surface area contributed by atoms with Crippen LogP contribution in [0.25, 0.3) is 11.6 Å². The second-order valence-corrected chi connectivity index (χ2v) is 6.51. The van der Waals surface area contributed by atoms with Crippen LogP contribution in [0.5, 0.6) is 0 Å². The lowest BCUT2D eigenvalue weighted by Crippen LogP contribution is -2.49. The van der Waals surface area contributed by atoms with Gasteiger partial charge in [0.2, 0.25) is 0 Å². The number of hydrogen-bond acceptors (Lipinski definition) is 7. The summed E-state index contributed by atoms with van der Waals surface area (Å²) in [7, 11) is 1.82. The third-order valence-electron chi connectivity index (χ3n) is 3.79. The lowest BCUT2D eigenvalue weighted by Gasteiger charge is -2.26. The van der Waals surface area contributed by atoms with Crippen molar-refractivity contribution >= 4 is 23.8 Å². The molecule has 0 saturated heterocycles. The maximum absolute atomic E-state index is 12.2. The van der Waals surface area contributed by atoms with Crippen LogP contribution in [0.1, 0.15) is 13.8 Å². The maximum Gasteiger partial charge on any atom is 0.337 e. The molecule has 2 aromatic heterocycles. The number of carbonyl (C=O) groups excluding carboxylic acids is 2. The number of ether oxygens (including phenoxy) is 1. The van der Waals surface area contributed by atoms with Crippen LogP contribution in [0.2, 0.25) is 0 Å². The minimum atomic E-state index is -0.447. The number of hydrogen-bond donors (Lipinski definition) is 2. The Morgan fingerprint density at radius 3 is 2.96 bits per heavy atom. The third kappa shape index (κ3) is 3.59. The van der Waals surface area contributed by atoms with E-state index < -0.39 is 12.0 Å². The molecule has 0 fully saturated rings. The molecule has 0 saturated carbocycles. The lowest BCUT2D eigenvalue weighted by molar-refractivity contribution is -0.138. The van der Waals surface area contributed by atoms with E-state index in [4.69, 9.17) is 9.15 Å². The Labute approximate surface area is 154 Å². The Morgan fingerprint density at radius 1 is 1.46 bits per heavy atom. The number of rotatable bonds is 6. The molecule has 1 aliphatic heterocycles. The molecule has 0 spiro atoms. The van der Waals surface area contributed by atoms with Crippen molar-refractivity contribution in [2.75, 3.05) is 12.4 Å². The van der Waals surface area contributed by atoms with Gasteiger partial charge in [0.05, 0.1) is 24.5 Å². The van der Waals surface area contributed by atoms with Crippen LogP contribution >= 0.6 is 11.8 Å². The van der Waals surface area contributed by atoms with E-state index in [9.17, 15) is 9.59 Å². The summed E-state index contributed by atoms with van der Waals surface area (Å²) in [4.78, 5) is 24.0. The van der Waals surface area contributed by atoms with E-state index >= 15 is 0 Å². The summed E-state index contributed by atoms with van der Waals surface area (Å²) in [5.41, 5.74) is 0.916. The van der Waals surface area contributed by atoms with E-state index in [2.05, 4.69) is 20.8 Å². The molecule has 1 unspecified atom stereocenters. The zero-order valence-corrected chi connectivity index (χ0v) is 15.4. The fourth-order valence-electron chi connectivity index (χ4n) is 2.59. The molecule has 2 aromatic rings. The molecule has 0 aliphatic carbocycles. The van der Waals surface area contributed by atoms with Crippen molar-refractivity contribution in [3.8, 4) is 11.6 Å². The van der Waals surface area contributed by atoms with Gasteiger partial charge in [-0.25, -0.2) is 9.59 Å². The quantitative estimate of drug-likeness (QED) is 0.582. The number of carbonyl (C=O) groups is 2. The van der Waals surface area contributed by atoms with Crippen LogP contribution in [-0.2, 0) is 16.6 Å². The summed E-state index contributed by atoms with van der Waals surface area (Å²) in [5, 5.41) is 14.3. The highest BCUT2D eigenvalue weighted by atomic mass is 32.2. The highest BCUT2D eigenvalue weighted by molar-refractivity contribution is 7.99. The van der Waals surface area contributed by atoms with Gasteiger partial charge in [0.15, 0.2) is 16.7 Å². The molecule has 0 aromatic carbocycles. The molecule has 3 heterocycles. The minimum Gasteiger partial charge on any atom is -0.463 e. The van der Waals surface area contributed by atoms with Crippen LogP contribution in [0, 0.1) is 0 Å². The Kier molecular flexibility index (Phi) is 5.31. The highest BCUT2D eigenvalue weighted by Gasteiger charge is 2.30. The monoisotopic (exact) mass is 377 g/mol. The molecule has 138 valence electrons. The first-order valence-corrected chi connectivity index (χ1v) is 9.03. The van der Waals surface area contributed by atoms with Crippen molar-refractivity contribution < 1.29 is 18.7 Å². The summed E-state index contributed by atoms with van der Waals surface area (Å²) in [6.07, 6.45) is 1.57. The standard InChI is InChI=1S/C16H19N5O4S/c1-4-24-14(22)12-9(2)17-15(23)18-10(12)8-26-16-20-19-13(21(16)3)11-6-5-7-25-11/h5-7,9H,4,8H2,1-3H3,(H2,17,18,23). The smallest absolute Gasteiger partial charge is 0.337 e. The van der Waals surface area contributed by atoms with Crippen molar-refractivity contribution in [3.05, 3.63) is 29.7 Å². The van der Waals surface area contributed by atoms with Crippen LogP contribution in [-0.4, -0.2) is 45.2 Å². The van der Waals surface area contributed by atoms with E-state index in [0.29, 0.717) is 33.8 Å². The first-order valence-electron chi connectivity index (χ1n) is 8.05. The summed E-state index contributed by atoms with van der Waals surface area (Å²) in [6, 6.07) is 2.79. The van der Waals surface area contributed by atoms with Crippen molar-refractivity contribution in [1.82, 2.24) is 25.4 Å². The molecule has 3 rings (SSSR count). The van der Waals surface area contributed by atoms with Gasteiger partial charge in [-0.15, -0.1) is 10.2 Å². The number of furan rings is 1. The second-order valence-electron chi connectivity index (χ2n) is 5.56. The van der Waals surface area contributed by atoms with Crippen LogP contribution in [0.3, 0.4) is 0 Å². The Bertz CT molecular complexity index is 843. The zero-order valence-electron chi connectivity index (χ0n) is 14.6. The molecule has 0 radical (unpaired) electrons. The topological polar surface area (TPSA) is 111 Å². The second kappa shape index (κ2) is 7.65. The van der Waals surface area contributed by atoms with Gasteiger partial charge < -0.3 is 24.4 Å². The van der Waals surface area contributed by atoms with Crippen LogP contribution in [0.15, 0.2) is 39.2 Å². The first-order chi connectivity index (χ1) is 12.5. The molecule has 1 aliphatic rings. The van der Waals surface area contributed by atoms with E-state index in [0.717, 1.165) is 0 Å². The molecule has 1 atom stereocenters. The Hall–Kier alpha value is -2.75. The van der Waals surface area contributed by atoms with Crippen LogP contribution < -0.4 is 10.6 Å². The number of thioether (sulfide) groups is 1. The van der Waals surface area contributed by atoms with Gasteiger partial charge in [0, 0.05) is 18.5 Å². The average molecular weight is 377 g/mol. The van der Waals surface area contributed by atoms with E-state index in [1.165, 1.54) is 11.8 Å².